The third-order valence-corrected chi connectivity index (χ3v) is 6.07. The predicted molar refractivity (Wildman–Crippen MR) is 129 cm³/mol. The van der Waals surface area contributed by atoms with Crippen LogP contribution in [0.4, 0.5) is 5.69 Å². The zero-order valence-electron chi connectivity index (χ0n) is 19.5. The number of carboxylic acid groups (broad SMARTS) is 1. The summed E-state index contributed by atoms with van der Waals surface area (Å²) in [6.45, 7) is 13.0. The molecule has 2 atom stereocenters. The Hall–Kier alpha value is -2.60. The minimum atomic E-state index is -0.776. The van der Waals surface area contributed by atoms with Crippen molar-refractivity contribution in [3.8, 4) is 5.75 Å². The number of fused-ring (bicyclic) bond motifs is 1. The van der Waals surface area contributed by atoms with E-state index in [0.29, 0.717) is 32.4 Å². The highest BCUT2D eigenvalue weighted by Gasteiger charge is 2.34. The van der Waals surface area contributed by atoms with Crippen LogP contribution in [0, 0.1) is 5.92 Å². The number of benzene rings is 1. The molecule has 0 bridgehead atoms. The number of phenolic OH excluding ortho intramolecular Hbond substituents is 1. The summed E-state index contributed by atoms with van der Waals surface area (Å²) in [6, 6.07) is 1.58. The molecule has 6 nitrogen and oxygen atoms in total. The van der Waals surface area contributed by atoms with Crippen LogP contribution in [-0.2, 0) is 28.9 Å². The van der Waals surface area contributed by atoms with Gasteiger partial charge in [-0.15, -0.1) is 13.2 Å². The molecule has 0 radical (unpaired) electrons. The van der Waals surface area contributed by atoms with Crippen LogP contribution < -0.4 is 10.2 Å². The fraction of sp³-hybridized carbons (Fsp3) is 0.538. The molecule has 1 heterocycles. The molecule has 1 aromatic carbocycles. The van der Waals surface area contributed by atoms with Crippen molar-refractivity contribution in [1.29, 1.82) is 0 Å². The van der Waals surface area contributed by atoms with Gasteiger partial charge in [0.1, 0.15) is 5.75 Å². The topological polar surface area (TPSA) is 89.9 Å². The number of allylic oxidation sites excluding steroid dienone is 2. The van der Waals surface area contributed by atoms with Crippen molar-refractivity contribution in [3.63, 3.8) is 0 Å². The molecular formula is C26H38N2O4. The Morgan fingerprint density at radius 1 is 1.31 bits per heavy atom. The highest BCUT2D eigenvalue weighted by Crippen LogP contribution is 2.39. The highest BCUT2D eigenvalue weighted by molar-refractivity contribution is 6.01. The number of aliphatic carboxylic acids is 1. The maximum absolute atomic E-state index is 13.4. The van der Waals surface area contributed by atoms with E-state index in [1.165, 1.54) is 0 Å². The average molecular weight is 443 g/mol. The van der Waals surface area contributed by atoms with E-state index in [0.717, 1.165) is 48.1 Å². The van der Waals surface area contributed by atoms with Gasteiger partial charge in [-0.05, 0) is 68.2 Å². The number of phenols is 1. The lowest BCUT2D eigenvalue weighted by molar-refractivity contribution is -0.138. The van der Waals surface area contributed by atoms with Gasteiger partial charge in [0, 0.05) is 24.2 Å². The summed E-state index contributed by atoms with van der Waals surface area (Å²) in [4.78, 5) is 26.1. The summed E-state index contributed by atoms with van der Waals surface area (Å²) in [5.41, 5.74) is 3.51. The van der Waals surface area contributed by atoms with Crippen molar-refractivity contribution in [1.82, 2.24) is 5.32 Å². The number of unbranched alkanes of at least 4 members (excludes halogenated alkanes) is 1. The lowest BCUT2D eigenvalue weighted by Crippen LogP contribution is -2.52. The number of amides is 1. The molecule has 6 heteroatoms. The van der Waals surface area contributed by atoms with E-state index < -0.39 is 5.97 Å². The van der Waals surface area contributed by atoms with E-state index in [-0.39, 0.29) is 30.0 Å². The minimum Gasteiger partial charge on any atom is -0.507 e. The first-order chi connectivity index (χ1) is 15.3. The minimum absolute atomic E-state index is 0.0596. The van der Waals surface area contributed by atoms with E-state index in [4.69, 9.17) is 5.11 Å². The lowest BCUT2D eigenvalue weighted by Gasteiger charge is -2.36. The second kappa shape index (κ2) is 12.4. The highest BCUT2D eigenvalue weighted by atomic mass is 16.4. The maximum Gasteiger partial charge on any atom is 0.303 e. The number of rotatable bonds is 14. The summed E-state index contributed by atoms with van der Waals surface area (Å²) in [5.74, 6) is -0.335. The number of carboxylic acids is 1. The van der Waals surface area contributed by atoms with Crippen LogP contribution in [0.15, 0.2) is 31.4 Å². The molecule has 32 heavy (non-hydrogen) atoms. The zero-order chi connectivity index (χ0) is 23.7. The number of anilines is 1. The number of nitrogens with zero attached hydrogens (tertiary/aromatic N) is 1. The van der Waals surface area contributed by atoms with E-state index in [2.05, 4.69) is 25.4 Å². The van der Waals surface area contributed by atoms with Crippen molar-refractivity contribution in [2.45, 2.75) is 71.3 Å². The average Bonchev–Trinajstić information content (AvgIpc) is 2.74. The van der Waals surface area contributed by atoms with Gasteiger partial charge in [0.2, 0.25) is 5.91 Å². The van der Waals surface area contributed by atoms with Crippen LogP contribution in [0.5, 0.6) is 5.75 Å². The Morgan fingerprint density at radius 2 is 2.03 bits per heavy atom. The van der Waals surface area contributed by atoms with Crippen molar-refractivity contribution in [2.75, 3.05) is 18.0 Å². The molecule has 0 aliphatic carbocycles. The molecule has 0 fully saturated rings. The van der Waals surface area contributed by atoms with Gasteiger partial charge in [0.25, 0.3) is 0 Å². The molecule has 1 aliphatic rings. The van der Waals surface area contributed by atoms with Crippen molar-refractivity contribution < 1.29 is 19.8 Å². The van der Waals surface area contributed by atoms with Crippen LogP contribution >= 0.6 is 0 Å². The predicted octanol–water partition coefficient (Wildman–Crippen LogP) is 4.39. The van der Waals surface area contributed by atoms with Gasteiger partial charge in [0.15, 0.2) is 0 Å². The molecule has 3 N–H and O–H groups in total. The Kier molecular flexibility index (Phi) is 9.97. The molecule has 176 valence electrons. The molecule has 1 amide bonds. The Labute approximate surface area is 192 Å². The number of carbonyl (C=O) groups excluding carboxylic acids is 1. The molecule has 0 saturated heterocycles. The largest absolute Gasteiger partial charge is 0.507 e. The van der Waals surface area contributed by atoms with Gasteiger partial charge in [-0.25, -0.2) is 0 Å². The second-order valence-electron chi connectivity index (χ2n) is 8.75. The summed E-state index contributed by atoms with van der Waals surface area (Å²) in [5, 5.41) is 23.2. The van der Waals surface area contributed by atoms with Crippen molar-refractivity contribution in [3.05, 3.63) is 48.1 Å². The third-order valence-electron chi connectivity index (χ3n) is 6.07. The van der Waals surface area contributed by atoms with Gasteiger partial charge in [-0.1, -0.05) is 32.4 Å². The fourth-order valence-electron chi connectivity index (χ4n) is 4.39. The number of hydrogen-bond acceptors (Lipinski definition) is 4. The Balaban J connectivity index is 2.27. The first-order valence-electron chi connectivity index (χ1n) is 11.7. The summed E-state index contributed by atoms with van der Waals surface area (Å²) in [6.07, 6.45) is 8.79. The maximum atomic E-state index is 13.4. The van der Waals surface area contributed by atoms with E-state index in [1.54, 1.807) is 12.2 Å². The van der Waals surface area contributed by atoms with E-state index in [9.17, 15) is 14.7 Å². The molecule has 0 aromatic heterocycles. The molecular weight excluding hydrogens is 404 g/mol. The molecule has 2 unspecified atom stereocenters. The van der Waals surface area contributed by atoms with E-state index in [1.807, 2.05) is 17.9 Å². The number of hydrogen-bond donors (Lipinski definition) is 3. The van der Waals surface area contributed by atoms with Crippen LogP contribution in [0.25, 0.3) is 0 Å². The van der Waals surface area contributed by atoms with Gasteiger partial charge in [0.05, 0.1) is 6.04 Å². The second-order valence-corrected chi connectivity index (χ2v) is 8.75. The number of aromatic hydroxyl groups is 1. The fourth-order valence-corrected chi connectivity index (χ4v) is 4.39. The molecule has 0 spiro atoms. The van der Waals surface area contributed by atoms with Crippen LogP contribution in [0.1, 0.15) is 62.6 Å². The SMILES string of the molecule is C=CCc1cc2c(c(CC=C)c1O)CC(NCCCC(C)CC(=O)O)C(=O)N2CCCC. The summed E-state index contributed by atoms with van der Waals surface area (Å²) in [7, 11) is 0. The Bertz CT molecular complexity index is 834. The standard InChI is InChI=1S/C26H38N2O4/c1-5-8-14-28-23-16-19(10-6-2)25(31)20(11-7-3)21(23)17-22(26(28)32)27-13-9-12-18(4)15-24(29)30/h6-7,16,18,22,27,31H,2-3,5,8-15,17H2,1,4H3,(H,29,30). The molecule has 2 rings (SSSR count). The van der Waals surface area contributed by atoms with Gasteiger partial charge >= 0.3 is 5.97 Å². The van der Waals surface area contributed by atoms with Crippen LogP contribution in [-0.4, -0.2) is 41.2 Å². The Morgan fingerprint density at radius 3 is 2.66 bits per heavy atom. The quantitative estimate of drug-likeness (QED) is 0.294. The van der Waals surface area contributed by atoms with Crippen molar-refractivity contribution in [2.24, 2.45) is 5.92 Å². The van der Waals surface area contributed by atoms with Gasteiger partial charge < -0.3 is 20.4 Å². The lowest BCUT2D eigenvalue weighted by atomic mass is 9.88. The first-order valence-corrected chi connectivity index (χ1v) is 11.7. The van der Waals surface area contributed by atoms with Crippen LogP contribution in [0.2, 0.25) is 0 Å². The smallest absolute Gasteiger partial charge is 0.303 e. The zero-order valence-corrected chi connectivity index (χ0v) is 19.5. The summed E-state index contributed by atoms with van der Waals surface area (Å²) < 4.78 is 0. The molecule has 1 aliphatic heterocycles. The molecule has 1 aromatic rings. The third kappa shape index (κ3) is 6.45. The van der Waals surface area contributed by atoms with E-state index >= 15 is 0 Å². The normalized spacial score (nSPS) is 16.5. The van der Waals surface area contributed by atoms with Crippen molar-refractivity contribution >= 4 is 17.6 Å². The van der Waals surface area contributed by atoms with Gasteiger partial charge in [-0.2, -0.15) is 0 Å². The van der Waals surface area contributed by atoms with Gasteiger partial charge in [-0.3, -0.25) is 9.59 Å². The molecule has 0 saturated carbocycles. The van der Waals surface area contributed by atoms with Crippen LogP contribution in [0.3, 0.4) is 0 Å². The monoisotopic (exact) mass is 442 g/mol. The number of nitrogens with one attached hydrogen (secondary N) is 1. The number of carbonyl (C=O) groups is 2. The first kappa shape index (κ1) is 25.7. The summed E-state index contributed by atoms with van der Waals surface area (Å²) >= 11 is 0.